The number of aromatic nitrogens is 1. The maximum atomic E-state index is 12.0. The van der Waals surface area contributed by atoms with Gasteiger partial charge < -0.3 is 5.32 Å². The molecule has 1 aromatic carbocycles. The van der Waals surface area contributed by atoms with Crippen molar-refractivity contribution in [2.45, 2.75) is 40.5 Å². The molecule has 0 aliphatic heterocycles. The van der Waals surface area contributed by atoms with E-state index in [1.54, 1.807) is 11.3 Å². The third-order valence-electron chi connectivity index (χ3n) is 3.25. The fraction of sp³-hybridized carbons (Fsp3) is 0.375. The van der Waals surface area contributed by atoms with Crippen LogP contribution in [-0.4, -0.2) is 10.9 Å². The van der Waals surface area contributed by atoms with E-state index in [9.17, 15) is 4.79 Å². The second-order valence-corrected chi connectivity index (χ2v) is 6.40. The number of aryl methyl sites for hydroxylation is 5. The summed E-state index contributed by atoms with van der Waals surface area (Å²) in [5, 5.41) is 4.06. The molecule has 0 unspecified atom stereocenters. The largest absolute Gasteiger partial charge is 0.326 e. The zero-order chi connectivity index (χ0) is 14.7. The van der Waals surface area contributed by atoms with Crippen molar-refractivity contribution in [3.8, 4) is 0 Å². The molecule has 0 atom stereocenters. The Balaban J connectivity index is 1.96. The number of rotatable bonds is 4. The molecule has 0 spiro atoms. The van der Waals surface area contributed by atoms with Gasteiger partial charge in [0.25, 0.3) is 0 Å². The molecular weight excluding hydrogens is 268 g/mol. The second kappa shape index (κ2) is 6.18. The number of carbonyl (C=O) groups is 1. The van der Waals surface area contributed by atoms with E-state index in [0.717, 1.165) is 33.9 Å². The first kappa shape index (κ1) is 14.7. The van der Waals surface area contributed by atoms with E-state index in [1.807, 2.05) is 39.8 Å². The summed E-state index contributed by atoms with van der Waals surface area (Å²) in [5.41, 5.74) is 4.20. The molecule has 1 N–H and O–H groups in total. The minimum atomic E-state index is 0.0594. The quantitative estimate of drug-likeness (QED) is 0.925. The van der Waals surface area contributed by atoms with Crippen LogP contribution >= 0.6 is 11.3 Å². The predicted octanol–water partition coefficient (Wildman–Crippen LogP) is 3.95. The van der Waals surface area contributed by atoms with Gasteiger partial charge >= 0.3 is 0 Å². The van der Waals surface area contributed by atoms with Crippen molar-refractivity contribution in [3.05, 3.63) is 44.9 Å². The zero-order valence-corrected chi connectivity index (χ0v) is 13.2. The Bertz CT molecular complexity index is 631. The van der Waals surface area contributed by atoms with Crippen LogP contribution in [0, 0.1) is 27.7 Å². The highest BCUT2D eigenvalue weighted by Crippen LogP contribution is 2.20. The molecule has 1 aromatic heterocycles. The summed E-state index contributed by atoms with van der Waals surface area (Å²) < 4.78 is 0. The number of hydrogen-bond donors (Lipinski definition) is 1. The van der Waals surface area contributed by atoms with E-state index in [4.69, 9.17) is 0 Å². The summed E-state index contributed by atoms with van der Waals surface area (Å²) in [4.78, 5) is 17.6. The number of carbonyl (C=O) groups excluding carboxylic acids is 1. The molecule has 2 rings (SSSR count). The van der Waals surface area contributed by atoms with Crippen molar-refractivity contribution in [1.82, 2.24) is 4.98 Å². The first-order valence-electron chi connectivity index (χ1n) is 6.75. The van der Waals surface area contributed by atoms with Crippen LogP contribution < -0.4 is 5.32 Å². The van der Waals surface area contributed by atoms with Crippen LogP contribution in [0.5, 0.6) is 0 Å². The van der Waals surface area contributed by atoms with Gasteiger partial charge in [0.05, 0.1) is 10.7 Å². The van der Waals surface area contributed by atoms with Gasteiger partial charge in [0.2, 0.25) is 5.91 Å². The molecule has 20 heavy (non-hydrogen) atoms. The Morgan fingerprint density at radius 3 is 2.65 bits per heavy atom. The molecule has 0 radical (unpaired) electrons. The van der Waals surface area contributed by atoms with Crippen molar-refractivity contribution in [1.29, 1.82) is 0 Å². The van der Waals surface area contributed by atoms with Gasteiger partial charge in [-0.05, 0) is 51.3 Å². The lowest BCUT2D eigenvalue weighted by molar-refractivity contribution is -0.116. The van der Waals surface area contributed by atoms with Crippen LogP contribution in [0.1, 0.15) is 33.1 Å². The Morgan fingerprint density at radius 2 is 2.00 bits per heavy atom. The van der Waals surface area contributed by atoms with E-state index >= 15 is 0 Å². The van der Waals surface area contributed by atoms with Gasteiger partial charge in [0, 0.05) is 17.0 Å². The van der Waals surface area contributed by atoms with E-state index in [1.165, 1.54) is 4.88 Å². The number of hydrogen-bond acceptors (Lipinski definition) is 3. The SMILES string of the molecule is Cc1ccc(C)c(NC(=O)CCc2sc(C)nc2C)c1. The number of thiazole rings is 1. The van der Waals surface area contributed by atoms with Crippen LogP contribution in [0.2, 0.25) is 0 Å². The third kappa shape index (κ3) is 3.67. The molecule has 4 heteroatoms. The molecule has 0 bridgehead atoms. The van der Waals surface area contributed by atoms with Crippen LogP contribution in [0.3, 0.4) is 0 Å². The number of amides is 1. The standard InChI is InChI=1S/C16H20N2OS/c1-10-5-6-11(2)14(9-10)18-16(19)8-7-15-12(3)17-13(4)20-15/h5-6,9H,7-8H2,1-4H3,(H,18,19). The molecule has 2 aromatic rings. The lowest BCUT2D eigenvalue weighted by Gasteiger charge is -2.09. The Hall–Kier alpha value is -1.68. The van der Waals surface area contributed by atoms with Crippen molar-refractivity contribution >= 4 is 22.9 Å². The molecule has 0 aliphatic rings. The number of anilines is 1. The zero-order valence-electron chi connectivity index (χ0n) is 12.4. The summed E-state index contributed by atoms with van der Waals surface area (Å²) >= 11 is 1.68. The van der Waals surface area contributed by atoms with Crippen LogP contribution in [0.15, 0.2) is 18.2 Å². The van der Waals surface area contributed by atoms with E-state index in [-0.39, 0.29) is 5.91 Å². The molecule has 106 valence electrons. The Labute approximate surface area is 124 Å². The minimum absolute atomic E-state index is 0.0594. The minimum Gasteiger partial charge on any atom is -0.326 e. The monoisotopic (exact) mass is 288 g/mol. The second-order valence-electron chi connectivity index (χ2n) is 5.11. The van der Waals surface area contributed by atoms with E-state index < -0.39 is 0 Å². The average Bonchev–Trinajstić information content (AvgIpc) is 2.70. The third-order valence-corrected chi connectivity index (χ3v) is 4.38. The van der Waals surface area contributed by atoms with Crippen LogP contribution in [-0.2, 0) is 11.2 Å². The number of nitrogens with zero attached hydrogens (tertiary/aromatic N) is 1. The average molecular weight is 288 g/mol. The lowest BCUT2D eigenvalue weighted by atomic mass is 10.1. The molecule has 0 saturated heterocycles. The van der Waals surface area contributed by atoms with Gasteiger partial charge in [0.15, 0.2) is 0 Å². The molecular formula is C16H20N2OS. The van der Waals surface area contributed by atoms with Gasteiger partial charge in [-0.1, -0.05) is 12.1 Å². The Morgan fingerprint density at radius 1 is 1.25 bits per heavy atom. The van der Waals surface area contributed by atoms with Gasteiger partial charge in [-0.25, -0.2) is 4.98 Å². The summed E-state index contributed by atoms with van der Waals surface area (Å²) in [6.07, 6.45) is 1.25. The normalized spacial score (nSPS) is 10.6. The van der Waals surface area contributed by atoms with Crippen molar-refractivity contribution in [2.24, 2.45) is 0 Å². The van der Waals surface area contributed by atoms with Crippen LogP contribution in [0.4, 0.5) is 5.69 Å². The number of benzene rings is 1. The summed E-state index contributed by atoms with van der Waals surface area (Å²) in [6.45, 7) is 8.03. The molecule has 3 nitrogen and oxygen atoms in total. The van der Waals surface area contributed by atoms with E-state index in [0.29, 0.717) is 6.42 Å². The molecule has 1 heterocycles. The summed E-state index contributed by atoms with van der Waals surface area (Å²) in [6, 6.07) is 6.09. The van der Waals surface area contributed by atoms with Crippen molar-refractivity contribution < 1.29 is 4.79 Å². The summed E-state index contributed by atoms with van der Waals surface area (Å²) in [7, 11) is 0. The van der Waals surface area contributed by atoms with E-state index in [2.05, 4.69) is 16.4 Å². The highest BCUT2D eigenvalue weighted by molar-refractivity contribution is 7.11. The molecule has 0 fully saturated rings. The maximum Gasteiger partial charge on any atom is 0.224 e. The van der Waals surface area contributed by atoms with Crippen molar-refractivity contribution in [3.63, 3.8) is 0 Å². The predicted molar refractivity (Wildman–Crippen MR) is 84.5 cm³/mol. The van der Waals surface area contributed by atoms with Gasteiger partial charge in [-0.2, -0.15) is 0 Å². The van der Waals surface area contributed by atoms with Gasteiger partial charge in [0.1, 0.15) is 0 Å². The number of nitrogens with one attached hydrogen (secondary N) is 1. The molecule has 0 saturated carbocycles. The lowest BCUT2D eigenvalue weighted by Crippen LogP contribution is -2.13. The highest BCUT2D eigenvalue weighted by atomic mass is 32.1. The molecule has 1 amide bonds. The fourth-order valence-electron chi connectivity index (χ4n) is 2.12. The fourth-order valence-corrected chi connectivity index (χ4v) is 3.05. The topological polar surface area (TPSA) is 42.0 Å². The first-order chi connectivity index (χ1) is 9.45. The smallest absolute Gasteiger partial charge is 0.224 e. The first-order valence-corrected chi connectivity index (χ1v) is 7.57. The molecule has 0 aliphatic carbocycles. The van der Waals surface area contributed by atoms with Gasteiger partial charge in [-0.3, -0.25) is 4.79 Å². The van der Waals surface area contributed by atoms with Crippen LogP contribution in [0.25, 0.3) is 0 Å². The van der Waals surface area contributed by atoms with Gasteiger partial charge in [-0.15, -0.1) is 11.3 Å². The summed E-state index contributed by atoms with van der Waals surface area (Å²) in [5.74, 6) is 0.0594. The van der Waals surface area contributed by atoms with Crippen molar-refractivity contribution in [2.75, 3.05) is 5.32 Å². The maximum absolute atomic E-state index is 12.0. The Kier molecular flexibility index (Phi) is 4.55. The highest BCUT2D eigenvalue weighted by Gasteiger charge is 2.09.